The number of pyridine rings is 1. The molecule has 3 rings (SSSR count). The van der Waals surface area contributed by atoms with Gasteiger partial charge in [-0.25, -0.2) is 15.0 Å². The maximum atomic E-state index is 4.69. The van der Waals surface area contributed by atoms with Gasteiger partial charge in [0.2, 0.25) is 0 Å². The Morgan fingerprint density at radius 2 is 2.09 bits per heavy atom. The van der Waals surface area contributed by atoms with E-state index in [1.54, 1.807) is 11.3 Å². The Bertz CT molecular complexity index is 757. The van der Waals surface area contributed by atoms with Crippen molar-refractivity contribution in [2.24, 2.45) is 0 Å². The van der Waals surface area contributed by atoms with Gasteiger partial charge in [-0.15, -0.1) is 11.3 Å². The van der Waals surface area contributed by atoms with Crippen LogP contribution in [-0.4, -0.2) is 19.5 Å². The van der Waals surface area contributed by atoms with Crippen molar-refractivity contribution >= 4 is 11.3 Å². The summed E-state index contributed by atoms with van der Waals surface area (Å²) in [6, 6.07) is 6.02. The van der Waals surface area contributed by atoms with Crippen molar-refractivity contribution in [3.8, 4) is 11.5 Å². The SMILES string of the molecule is Cc1cccc(-c2nccn2CCc2csc(C(C)C)n2)n1. The van der Waals surface area contributed by atoms with Crippen molar-refractivity contribution in [1.82, 2.24) is 19.5 Å². The Balaban J connectivity index is 1.75. The fraction of sp³-hybridized carbons (Fsp3) is 0.353. The third kappa shape index (κ3) is 3.25. The average molecular weight is 312 g/mol. The minimum absolute atomic E-state index is 0.499. The molecule has 5 heteroatoms. The summed E-state index contributed by atoms with van der Waals surface area (Å²) in [6.45, 7) is 7.23. The molecule has 0 saturated carbocycles. The predicted octanol–water partition coefficient (Wildman–Crippen LogP) is 4.08. The first-order chi connectivity index (χ1) is 10.6. The second-order valence-corrected chi connectivity index (χ2v) is 6.58. The summed E-state index contributed by atoms with van der Waals surface area (Å²) in [5, 5.41) is 3.37. The number of thiazole rings is 1. The summed E-state index contributed by atoms with van der Waals surface area (Å²) in [7, 11) is 0. The van der Waals surface area contributed by atoms with Gasteiger partial charge in [-0.2, -0.15) is 0 Å². The van der Waals surface area contributed by atoms with Crippen LogP contribution in [0.2, 0.25) is 0 Å². The lowest BCUT2D eigenvalue weighted by Crippen LogP contribution is -2.04. The van der Waals surface area contributed by atoms with Gasteiger partial charge in [0.25, 0.3) is 0 Å². The van der Waals surface area contributed by atoms with E-state index >= 15 is 0 Å². The van der Waals surface area contributed by atoms with Crippen LogP contribution >= 0.6 is 11.3 Å². The summed E-state index contributed by atoms with van der Waals surface area (Å²) >= 11 is 1.75. The largest absolute Gasteiger partial charge is 0.329 e. The molecule has 0 radical (unpaired) electrons. The molecular weight excluding hydrogens is 292 g/mol. The molecule has 0 aliphatic heterocycles. The summed E-state index contributed by atoms with van der Waals surface area (Å²) < 4.78 is 2.15. The topological polar surface area (TPSA) is 43.6 Å². The zero-order chi connectivity index (χ0) is 15.5. The van der Waals surface area contributed by atoms with Gasteiger partial charge in [0.05, 0.1) is 10.7 Å². The number of hydrogen-bond donors (Lipinski definition) is 0. The molecule has 0 unspecified atom stereocenters. The van der Waals surface area contributed by atoms with Crippen molar-refractivity contribution in [1.29, 1.82) is 0 Å². The molecule has 3 heterocycles. The lowest BCUT2D eigenvalue weighted by Gasteiger charge is -2.07. The fourth-order valence-corrected chi connectivity index (χ4v) is 3.20. The van der Waals surface area contributed by atoms with E-state index in [0.29, 0.717) is 5.92 Å². The number of imidazole rings is 1. The van der Waals surface area contributed by atoms with Crippen LogP contribution < -0.4 is 0 Å². The molecular formula is C17H20N4S. The molecule has 0 saturated heterocycles. The molecule has 4 nitrogen and oxygen atoms in total. The molecule has 22 heavy (non-hydrogen) atoms. The normalized spacial score (nSPS) is 11.3. The lowest BCUT2D eigenvalue weighted by molar-refractivity contribution is 0.688. The van der Waals surface area contributed by atoms with Gasteiger partial charge in [0.15, 0.2) is 5.82 Å². The molecule has 0 atom stereocenters. The number of rotatable bonds is 5. The van der Waals surface area contributed by atoms with Crippen molar-refractivity contribution < 1.29 is 0 Å². The van der Waals surface area contributed by atoms with Crippen molar-refractivity contribution in [3.05, 3.63) is 52.4 Å². The van der Waals surface area contributed by atoms with Gasteiger partial charge in [0, 0.05) is 42.4 Å². The highest BCUT2D eigenvalue weighted by molar-refractivity contribution is 7.09. The van der Waals surface area contributed by atoms with Gasteiger partial charge >= 0.3 is 0 Å². The van der Waals surface area contributed by atoms with E-state index in [9.17, 15) is 0 Å². The highest BCUT2D eigenvalue weighted by atomic mass is 32.1. The van der Waals surface area contributed by atoms with E-state index in [2.05, 4.69) is 33.8 Å². The van der Waals surface area contributed by atoms with Gasteiger partial charge in [0.1, 0.15) is 5.69 Å². The zero-order valence-corrected chi connectivity index (χ0v) is 14.0. The van der Waals surface area contributed by atoms with Crippen molar-refractivity contribution in [2.45, 2.75) is 39.7 Å². The molecule has 0 aliphatic carbocycles. The number of aromatic nitrogens is 4. The Hall–Kier alpha value is -2.01. The van der Waals surface area contributed by atoms with Crippen LogP contribution in [0.25, 0.3) is 11.5 Å². The minimum atomic E-state index is 0.499. The molecule has 0 N–H and O–H groups in total. The standard InChI is InChI=1S/C17H20N4S/c1-12(2)17-20-14(11-22-17)7-9-21-10-8-18-16(21)15-6-4-5-13(3)19-15/h4-6,8,10-12H,7,9H2,1-3H3. The van der Waals surface area contributed by atoms with E-state index in [0.717, 1.165) is 35.9 Å². The first-order valence-corrected chi connectivity index (χ1v) is 8.41. The molecule has 114 valence electrons. The van der Waals surface area contributed by atoms with Crippen LogP contribution in [0, 0.1) is 6.92 Å². The lowest BCUT2D eigenvalue weighted by atomic mass is 10.2. The predicted molar refractivity (Wildman–Crippen MR) is 90.1 cm³/mol. The molecule has 3 aromatic heterocycles. The minimum Gasteiger partial charge on any atom is -0.329 e. The molecule has 0 spiro atoms. The second-order valence-electron chi connectivity index (χ2n) is 5.69. The molecule has 3 aromatic rings. The number of hydrogen-bond acceptors (Lipinski definition) is 4. The van der Waals surface area contributed by atoms with Crippen LogP contribution in [0.4, 0.5) is 0 Å². The molecule has 0 aliphatic rings. The molecule has 0 fully saturated rings. The smallest absolute Gasteiger partial charge is 0.158 e. The van der Waals surface area contributed by atoms with E-state index in [1.807, 2.05) is 37.5 Å². The maximum absolute atomic E-state index is 4.69. The quantitative estimate of drug-likeness (QED) is 0.713. The Morgan fingerprint density at radius 1 is 1.23 bits per heavy atom. The van der Waals surface area contributed by atoms with E-state index in [4.69, 9.17) is 4.98 Å². The first kappa shape index (κ1) is 14.9. The van der Waals surface area contributed by atoms with Gasteiger partial charge in [-0.3, -0.25) is 0 Å². The van der Waals surface area contributed by atoms with Crippen molar-refractivity contribution in [2.75, 3.05) is 0 Å². The maximum Gasteiger partial charge on any atom is 0.158 e. The first-order valence-electron chi connectivity index (χ1n) is 7.53. The van der Waals surface area contributed by atoms with Gasteiger partial charge < -0.3 is 4.57 Å². The Kier molecular flexibility index (Phi) is 4.34. The molecule has 0 amide bonds. The van der Waals surface area contributed by atoms with E-state index in [-0.39, 0.29) is 0 Å². The summed E-state index contributed by atoms with van der Waals surface area (Å²) in [5.74, 6) is 1.42. The number of aryl methyl sites for hydroxylation is 3. The van der Waals surface area contributed by atoms with Gasteiger partial charge in [-0.05, 0) is 19.1 Å². The van der Waals surface area contributed by atoms with Crippen LogP contribution in [0.1, 0.15) is 36.2 Å². The number of nitrogens with zero attached hydrogens (tertiary/aromatic N) is 4. The van der Waals surface area contributed by atoms with Crippen LogP contribution in [0.3, 0.4) is 0 Å². The molecule has 0 aromatic carbocycles. The zero-order valence-electron chi connectivity index (χ0n) is 13.2. The average Bonchev–Trinajstić information content (AvgIpc) is 3.14. The molecule has 0 bridgehead atoms. The Labute approximate surface area is 134 Å². The van der Waals surface area contributed by atoms with Gasteiger partial charge in [-0.1, -0.05) is 19.9 Å². The monoisotopic (exact) mass is 312 g/mol. The van der Waals surface area contributed by atoms with E-state index < -0.39 is 0 Å². The third-order valence-electron chi connectivity index (χ3n) is 3.51. The summed E-state index contributed by atoms with van der Waals surface area (Å²) in [5.41, 5.74) is 3.09. The third-order valence-corrected chi connectivity index (χ3v) is 4.70. The van der Waals surface area contributed by atoms with E-state index in [1.165, 1.54) is 5.01 Å². The van der Waals surface area contributed by atoms with Crippen LogP contribution in [0.5, 0.6) is 0 Å². The Morgan fingerprint density at radius 3 is 2.82 bits per heavy atom. The summed E-state index contributed by atoms with van der Waals surface area (Å²) in [4.78, 5) is 13.7. The second kappa shape index (κ2) is 6.40. The highest BCUT2D eigenvalue weighted by Crippen LogP contribution is 2.20. The van der Waals surface area contributed by atoms with Crippen LogP contribution in [-0.2, 0) is 13.0 Å². The highest BCUT2D eigenvalue weighted by Gasteiger charge is 2.09. The van der Waals surface area contributed by atoms with Crippen LogP contribution in [0.15, 0.2) is 36.0 Å². The van der Waals surface area contributed by atoms with Crippen molar-refractivity contribution in [3.63, 3.8) is 0 Å². The fourth-order valence-electron chi connectivity index (χ4n) is 2.33. The summed E-state index contributed by atoms with van der Waals surface area (Å²) in [6.07, 6.45) is 4.76.